The summed E-state index contributed by atoms with van der Waals surface area (Å²) in [5.74, 6) is 0.200. The second-order valence-corrected chi connectivity index (χ2v) is 4.82. The maximum absolute atomic E-state index is 11.0. The summed E-state index contributed by atoms with van der Waals surface area (Å²) in [6.45, 7) is 11.0. The van der Waals surface area contributed by atoms with Crippen molar-refractivity contribution in [2.75, 3.05) is 19.6 Å². The number of carbonyl (C=O) groups is 1. The number of nitrogens with two attached hydrogens (primary N) is 2. The van der Waals surface area contributed by atoms with E-state index in [4.69, 9.17) is 11.5 Å². The van der Waals surface area contributed by atoms with Gasteiger partial charge in [-0.15, -0.1) is 0 Å². The molecule has 1 amide bonds. The molecule has 0 aromatic heterocycles. The Bertz CT molecular complexity index is 202. The first kappa shape index (κ1) is 14.4. The van der Waals surface area contributed by atoms with Gasteiger partial charge in [-0.25, -0.2) is 0 Å². The van der Waals surface area contributed by atoms with Crippen LogP contribution >= 0.6 is 0 Å². The quantitative estimate of drug-likeness (QED) is 0.651. The molecule has 0 saturated heterocycles. The van der Waals surface area contributed by atoms with Gasteiger partial charge in [-0.2, -0.15) is 0 Å². The summed E-state index contributed by atoms with van der Waals surface area (Å²) in [7, 11) is 0. The van der Waals surface area contributed by atoms with E-state index in [2.05, 4.69) is 25.7 Å². The smallest absolute Gasteiger partial charge is 0.237 e. The zero-order valence-electron chi connectivity index (χ0n) is 10.4. The van der Waals surface area contributed by atoms with Gasteiger partial charge in [0.1, 0.15) is 0 Å². The molecule has 4 heteroatoms. The molecular weight excluding hydrogens is 190 g/mol. The van der Waals surface area contributed by atoms with Crippen molar-refractivity contribution in [3.8, 4) is 0 Å². The molecule has 0 aliphatic carbocycles. The number of carbonyl (C=O) groups excluding carboxylic acids is 1. The van der Waals surface area contributed by atoms with Crippen molar-refractivity contribution in [3.63, 3.8) is 0 Å². The largest absolute Gasteiger partial charge is 0.368 e. The lowest BCUT2D eigenvalue weighted by Gasteiger charge is -2.27. The van der Waals surface area contributed by atoms with Crippen LogP contribution in [-0.4, -0.2) is 36.0 Å². The second kappa shape index (κ2) is 6.08. The minimum Gasteiger partial charge on any atom is -0.368 e. The molecule has 4 N–H and O–H groups in total. The fraction of sp³-hybridized carbons (Fsp3) is 0.909. The van der Waals surface area contributed by atoms with E-state index in [9.17, 15) is 4.79 Å². The summed E-state index contributed by atoms with van der Waals surface area (Å²) < 4.78 is 0. The third kappa shape index (κ3) is 5.74. The van der Waals surface area contributed by atoms with Crippen molar-refractivity contribution in [1.82, 2.24) is 4.90 Å². The van der Waals surface area contributed by atoms with Crippen molar-refractivity contribution in [2.45, 2.75) is 39.7 Å². The van der Waals surface area contributed by atoms with Gasteiger partial charge in [-0.3, -0.25) is 4.79 Å². The van der Waals surface area contributed by atoms with Crippen molar-refractivity contribution < 1.29 is 4.79 Å². The Hall–Kier alpha value is -0.610. The standard InChI is InChI=1S/C11H25N3O/c1-5-14(8-9(2)3)7-6-11(4,13)10(12)15/h9H,5-8,13H2,1-4H3,(H2,12,15). The fourth-order valence-corrected chi connectivity index (χ4v) is 1.41. The Labute approximate surface area is 93.0 Å². The molecule has 0 spiro atoms. The lowest BCUT2D eigenvalue weighted by atomic mass is 9.98. The highest BCUT2D eigenvalue weighted by Gasteiger charge is 2.25. The Morgan fingerprint density at radius 3 is 2.33 bits per heavy atom. The van der Waals surface area contributed by atoms with Gasteiger partial charge in [0.05, 0.1) is 5.54 Å². The maximum atomic E-state index is 11.0. The van der Waals surface area contributed by atoms with Gasteiger partial charge >= 0.3 is 0 Å². The Morgan fingerprint density at radius 2 is 2.00 bits per heavy atom. The first-order valence-electron chi connectivity index (χ1n) is 5.60. The van der Waals surface area contributed by atoms with E-state index >= 15 is 0 Å². The van der Waals surface area contributed by atoms with Crippen molar-refractivity contribution in [2.24, 2.45) is 17.4 Å². The summed E-state index contributed by atoms with van der Waals surface area (Å²) in [4.78, 5) is 13.3. The minimum atomic E-state index is -0.885. The average Bonchev–Trinajstić information content (AvgIpc) is 2.11. The van der Waals surface area contributed by atoms with Gasteiger partial charge in [0.25, 0.3) is 0 Å². The van der Waals surface area contributed by atoms with Crippen LogP contribution in [0.3, 0.4) is 0 Å². The van der Waals surface area contributed by atoms with Crippen LogP contribution in [0.15, 0.2) is 0 Å². The zero-order chi connectivity index (χ0) is 12.1. The Kier molecular flexibility index (Phi) is 5.83. The predicted molar refractivity (Wildman–Crippen MR) is 63.4 cm³/mol. The lowest BCUT2D eigenvalue weighted by Crippen LogP contribution is -2.51. The predicted octanol–water partition coefficient (Wildman–Crippen LogP) is 0.557. The normalized spacial score (nSPS) is 15.7. The average molecular weight is 215 g/mol. The summed E-state index contributed by atoms with van der Waals surface area (Å²) in [5, 5.41) is 0. The summed E-state index contributed by atoms with van der Waals surface area (Å²) in [6, 6.07) is 0. The van der Waals surface area contributed by atoms with Gasteiger partial charge in [-0.05, 0) is 25.8 Å². The fourth-order valence-electron chi connectivity index (χ4n) is 1.41. The van der Waals surface area contributed by atoms with Crippen LogP contribution in [-0.2, 0) is 4.79 Å². The third-order valence-corrected chi connectivity index (χ3v) is 2.58. The van der Waals surface area contributed by atoms with Gasteiger partial charge in [-0.1, -0.05) is 20.8 Å². The highest BCUT2D eigenvalue weighted by atomic mass is 16.1. The molecule has 0 radical (unpaired) electrons. The molecule has 0 fully saturated rings. The van der Waals surface area contributed by atoms with Crippen LogP contribution in [0.1, 0.15) is 34.1 Å². The van der Waals surface area contributed by atoms with Crippen LogP contribution in [0.2, 0.25) is 0 Å². The first-order valence-corrected chi connectivity index (χ1v) is 5.60. The number of primary amides is 1. The van der Waals surface area contributed by atoms with E-state index in [1.165, 1.54) is 0 Å². The molecule has 0 bridgehead atoms. The van der Waals surface area contributed by atoms with Crippen LogP contribution in [0.25, 0.3) is 0 Å². The van der Waals surface area contributed by atoms with Crippen LogP contribution in [0.4, 0.5) is 0 Å². The molecule has 0 rings (SSSR count). The minimum absolute atomic E-state index is 0.428. The molecule has 0 aromatic carbocycles. The molecule has 90 valence electrons. The van der Waals surface area contributed by atoms with E-state index < -0.39 is 11.4 Å². The molecule has 4 nitrogen and oxygen atoms in total. The number of rotatable bonds is 7. The number of amides is 1. The first-order chi connectivity index (χ1) is 6.79. The van der Waals surface area contributed by atoms with Gasteiger partial charge < -0.3 is 16.4 Å². The van der Waals surface area contributed by atoms with Crippen molar-refractivity contribution in [3.05, 3.63) is 0 Å². The topological polar surface area (TPSA) is 72.3 Å². The molecule has 0 aromatic rings. The molecule has 0 aliphatic rings. The van der Waals surface area contributed by atoms with Crippen LogP contribution < -0.4 is 11.5 Å². The highest BCUT2D eigenvalue weighted by Crippen LogP contribution is 2.07. The van der Waals surface area contributed by atoms with E-state index in [0.29, 0.717) is 12.3 Å². The summed E-state index contributed by atoms with van der Waals surface area (Å²) in [6.07, 6.45) is 0.614. The SMILES string of the molecule is CCN(CCC(C)(N)C(N)=O)CC(C)C. The van der Waals surface area contributed by atoms with Crippen molar-refractivity contribution in [1.29, 1.82) is 0 Å². The highest BCUT2D eigenvalue weighted by molar-refractivity contribution is 5.83. The molecule has 0 saturated carbocycles. The second-order valence-electron chi connectivity index (χ2n) is 4.82. The number of nitrogens with zero attached hydrogens (tertiary/aromatic N) is 1. The number of hydrogen-bond donors (Lipinski definition) is 2. The lowest BCUT2D eigenvalue weighted by molar-refractivity contribution is -0.122. The molecule has 0 aliphatic heterocycles. The van der Waals surface area contributed by atoms with Gasteiger partial charge in [0.2, 0.25) is 5.91 Å². The number of hydrogen-bond acceptors (Lipinski definition) is 3. The molecular formula is C11H25N3O. The molecule has 0 heterocycles. The van der Waals surface area contributed by atoms with Crippen LogP contribution in [0, 0.1) is 5.92 Å². The molecule has 1 unspecified atom stereocenters. The van der Waals surface area contributed by atoms with E-state index in [1.54, 1.807) is 6.92 Å². The molecule has 1 atom stereocenters. The van der Waals surface area contributed by atoms with E-state index in [0.717, 1.165) is 19.6 Å². The summed E-state index contributed by atoms with van der Waals surface area (Å²) >= 11 is 0. The van der Waals surface area contributed by atoms with Gasteiger partial charge in [0, 0.05) is 13.1 Å². The monoisotopic (exact) mass is 215 g/mol. The Morgan fingerprint density at radius 1 is 1.47 bits per heavy atom. The van der Waals surface area contributed by atoms with E-state index in [1.807, 2.05) is 0 Å². The summed E-state index contributed by atoms with van der Waals surface area (Å²) in [5.41, 5.74) is 10.1. The third-order valence-electron chi connectivity index (χ3n) is 2.58. The van der Waals surface area contributed by atoms with Gasteiger partial charge in [0.15, 0.2) is 0 Å². The van der Waals surface area contributed by atoms with Crippen LogP contribution in [0.5, 0.6) is 0 Å². The van der Waals surface area contributed by atoms with E-state index in [-0.39, 0.29) is 0 Å². The van der Waals surface area contributed by atoms with Crippen molar-refractivity contribution >= 4 is 5.91 Å². The Balaban J connectivity index is 4.05. The molecule has 15 heavy (non-hydrogen) atoms. The zero-order valence-corrected chi connectivity index (χ0v) is 10.4. The maximum Gasteiger partial charge on any atom is 0.237 e.